The highest BCUT2D eigenvalue weighted by Crippen LogP contribution is 2.30. The van der Waals surface area contributed by atoms with Crippen molar-refractivity contribution in [3.63, 3.8) is 0 Å². The molecule has 1 aliphatic carbocycles. The Morgan fingerprint density at radius 3 is 2.50 bits per heavy atom. The summed E-state index contributed by atoms with van der Waals surface area (Å²) in [6.45, 7) is 9.33. The van der Waals surface area contributed by atoms with Crippen LogP contribution in [0.15, 0.2) is 0 Å². The van der Waals surface area contributed by atoms with Crippen molar-refractivity contribution in [1.82, 2.24) is 5.32 Å². The minimum Gasteiger partial charge on any atom is -0.450 e. The monoisotopic (exact) mass is 244 g/mol. The average Bonchev–Trinajstić information content (AvgIpc) is 1.97. The van der Waals surface area contributed by atoms with Crippen molar-refractivity contribution in [3.05, 3.63) is 0 Å². The first-order valence-corrected chi connectivity index (χ1v) is 9.61. The minimum absolute atomic E-state index is 0.143. The molecule has 0 saturated heterocycles. The highest BCUT2D eigenvalue weighted by atomic mass is 28.3. The zero-order chi connectivity index (χ0) is 12.4. The number of hydrogen-bond acceptors (Lipinski definition) is 3. The summed E-state index contributed by atoms with van der Waals surface area (Å²) in [6.07, 6.45) is 1.39. The number of carbonyl (C=O) groups excluding carboxylic acids is 1. The highest BCUT2D eigenvalue weighted by molar-refractivity contribution is 6.76. The standard InChI is InChI=1S/C11H24N2O2Si/c1-11(7-9(12)8-11)13-10(14)15-5-6-16(2,3)4/h9H,5-8,12H2,1-4H3,(H,13,14). The molecule has 3 N–H and O–H groups in total. The van der Waals surface area contributed by atoms with Gasteiger partial charge in [0.15, 0.2) is 0 Å². The molecule has 4 nitrogen and oxygen atoms in total. The number of amides is 1. The Morgan fingerprint density at radius 1 is 1.50 bits per heavy atom. The summed E-state index contributed by atoms with van der Waals surface area (Å²) >= 11 is 0. The van der Waals surface area contributed by atoms with E-state index < -0.39 is 8.07 Å². The van der Waals surface area contributed by atoms with E-state index in [9.17, 15) is 4.79 Å². The van der Waals surface area contributed by atoms with Gasteiger partial charge in [0.25, 0.3) is 0 Å². The summed E-state index contributed by atoms with van der Waals surface area (Å²) in [7, 11) is -1.11. The Balaban J connectivity index is 2.17. The third kappa shape index (κ3) is 4.53. The van der Waals surface area contributed by atoms with E-state index in [0.717, 1.165) is 18.9 Å². The van der Waals surface area contributed by atoms with Crippen molar-refractivity contribution in [2.24, 2.45) is 5.73 Å². The molecule has 0 radical (unpaired) electrons. The van der Waals surface area contributed by atoms with Crippen molar-refractivity contribution in [3.8, 4) is 0 Å². The van der Waals surface area contributed by atoms with Crippen LogP contribution in [-0.2, 0) is 4.74 Å². The van der Waals surface area contributed by atoms with E-state index in [4.69, 9.17) is 10.5 Å². The third-order valence-electron chi connectivity index (χ3n) is 2.91. The van der Waals surface area contributed by atoms with Crippen molar-refractivity contribution in [2.75, 3.05) is 6.61 Å². The molecule has 1 rings (SSSR count). The smallest absolute Gasteiger partial charge is 0.407 e. The Hall–Kier alpha value is -0.553. The topological polar surface area (TPSA) is 64.3 Å². The van der Waals surface area contributed by atoms with Crippen LogP contribution >= 0.6 is 0 Å². The van der Waals surface area contributed by atoms with E-state index in [-0.39, 0.29) is 17.7 Å². The fourth-order valence-electron chi connectivity index (χ4n) is 1.93. The number of carbonyl (C=O) groups is 1. The third-order valence-corrected chi connectivity index (χ3v) is 4.62. The van der Waals surface area contributed by atoms with Gasteiger partial charge in [-0.05, 0) is 25.8 Å². The van der Waals surface area contributed by atoms with Gasteiger partial charge in [-0.3, -0.25) is 0 Å². The van der Waals surface area contributed by atoms with Crippen molar-refractivity contribution in [1.29, 1.82) is 0 Å². The molecule has 1 fully saturated rings. The second-order valence-corrected chi connectivity index (χ2v) is 11.9. The van der Waals surface area contributed by atoms with Crippen molar-refractivity contribution < 1.29 is 9.53 Å². The molecule has 0 aromatic carbocycles. The van der Waals surface area contributed by atoms with Crippen LogP contribution in [0.3, 0.4) is 0 Å². The average molecular weight is 244 g/mol. The summed E-state index contributed by atoms with van der Waals surface area (Å²) in [5, 5.41) is 2.88. The van der Waals surface area contributed by atoms with E-state index in [0.29, 0.717) is 6.61 Å². The van der Waals surface area contributed by atoms with Gasteiger partial charge in [0.2, 0.25) is 0 Å². The second-order valence-electron chi connectivity index (χ2n) is 6.30. The van der Waals surface area contributed by atoms with Gasteiger partial charge >= 0.3 is 6.09 Å². The molecule has 0 unspecified atom stereocenters. The molecular formula is C11H24N2O2Si. The van der Waals surface area contributed by atoms with Gasteiger partial charge in [-0.1, -0.05) is 19.6 Å². The highest BCUT2D eigenvalue weighted by Gasteiger charge is 2.39. The van der Waals surface area contributed by atoms with Gasteiger partial charge in [0.1, 0.15) is 0 Å². The summed E-state index contributed by atoms with van der Waals surface area (Å²) < 4.78 is 5.17. The molecule has 0 aromatic heterocycles. The molecule has 0 bridgehead atoms. The van der Waals surface area contributed by atoms with Crippen LogP contribution in [0.4, 0.5) is 4.79 Å². The number of nitrogens with one attached hydrogen (secondary N) is 1. The van der Waals surface area contributed by atoms with E-state index in [1.54, 1.807) is 0 Å². The molecule has 0 aromatic rings. The van der Waals surface area contributed by atoms with Crippen LogP contribution in [-0.4, -0.2) is 32.4 Å². The summed E-state index contributed by atoms with van der Waals surface area (Å²) in [4.78, 5) is 11.5. The van der Waals surface area contributed by atoms with Gasteiger partial charge in [-0.15, -0.1) is 0 Å². The van der Waals surface area contributed by atoms with E-state index in [2.05, 4.69) is 25.0 Å². The Bertz CT molecular complexity index is 257. The Labute approximate surface area is 98.9 Å². The maximum atomic E-state index is 11.5. The SMILES string of the molecule is CC1(NC(=O)OCC[Si](C)(C)C)CC(N)C1. The molecule has 1 amide bonds. The fraction of sp³-hybridized carbons (Fsp3) is 0.909. The molecule has 0 heterocycles. The van der Waals surface area contributed by atoms with E-state index in [1.165, 1.54) is 0 Å². The molecule has 0 aliphatic heterocycles. The van der Waals surface area contributed by atoms with Gasteiger partial charge in [-0.25, -0.2) is 4.79 Å². The molecule has 5 heteroatoms. The van der Waals surface area contributed by atoms with Gasteiger partial charge in [0.05, 0.1) is 6.61 Å². The summed E-state index contributed by atoms with van der Waals surface area (Å²) in [5.74, 6) is 0. The zero-order valence-corrected chi connectivity index (χ0v) is 11.8. The lowest BCUT2D eigenvalue weighted by atomic mass is 9.75. The predicted octanol–water partition coefficient (Wildman–Crippen LogP) is 1.93. The molecule has 0 atom stereocenters. The van der Waals surface area contributed by atoms with Crippen molar-refractivity contribution >= 4 is 14.2 Å². The quantitative estimate of drug-likeness (QED) is 0.743. The molecule has 1 saturated carbocycles. The largest absolute Gasteiger partial charge is 0.450 e. The lowest BCUT2D eigenvalue weighted by molar-refractivity contribution is 0.114. The zero-order valence-electron chi connectivity index (χ0n) is 10.8. The van der Waals surface area contributed by atoms with Crippen LogP contribution in [0.2, 0.25) is 25.7 Å². The predicted molar refractivity (Wildman–Crippen MR) is 68.3 cm³/mol. The first-order chi connectivity index (χ1) is 7.20. The van der Waals surface area contributed by atoms with E-state index >= 15 is 0 Å². The first kappa shape index (κ1) is 13.5. The van der Waals surface area contributed by atoms with Crippen LogP contribution < -0.4 is 11.1 Å². The Kier molecular flexibility index (Phi) is 4.01. The van der Waals surface area contributed by atoms with Gasteiger partial charge in [0, 0.05) is 19.7 Å². The lowest BCUT2D eigenvalue weighted by Crippen LogP contribution is -2.60. The van der Waals surface area contributed by atoms with Crippen LogP contribution in [0.25, 0.3) is 0 Å². The summed E-state index contributed by atoms with van der Waals surface area (Å²) in [6, 6.07) is 1.24. The molecule has 16 heavy (non-hydrogen) atoms. The van der Waals surface area contributed by atoms with Crippen LogP contribution in [0, 0.1) is 0 Å². The number of alkyl carbamates (subject to hydrolysis) is 1. The molecule has 1 aliphatic rings. The Morgan fingerprint density at radius 2 is 2.06 bits per heavy atom. The van der Waals surface area contributed by atoms with Gasteiger partial charge in [-0.2, -0.15) is 0 Å². The lowest BCUT2D eigenvalue weighted by Gasteiger charge is -2.43. The van der Waals surface area contributed by atoms with Crippen LogP contribution in [0.5, 0.6) is 0 Å². The molecule has 0 spiro atoms. The second kappa shape index (κ2) is 4.75. The van der Waals surface area contributed by atoms with Gasteiger partial charge < -0.3 is 15.8 Å². The minimum atomic E-state index is -1.11. The maximum Gasteiger partial charge on any atom is 0.407 e. The number of hydrogen-bond donors (Lipinski definition) is 2. The molecular weight excluding hydrogens is 220 g/mol. The van der Waals surface area contributed by atoms with E-state index in [1.807, 2.05) is 6.92 Å². The van der Waals surface area contributed by atoms with Crippen molar-refractivity contribution in [2.45, 2.75) is 57.0 Å². The first-order valence-electron chi connectivity index (χ1n) is 5.91. The molecule has 94 valence electrons. The fourth-order valence-corrected chi connectivity index (χ4v) is 2.65. The number of nitrogens with two attached hydrogens (primary N) is 1. The number of rotatable bonds is 4. The summed E-state index contributed by atoms with van der Waals surface area (Å²) in [5.41, 5.74) is 5.56. The van der Waals surface area contributed by atoms with Crippen LogP contribution in [0.1, 0.15) is 19.8 Å². The normalized spacial score (nSPS) is 29.4. The maximum absolute atomic E-state index is 11.5. The number of ether oxygens (including phenoxy) is 1.